The zero-order valence-electron chi connectivity index (χ0n) is 10.2. The normalized spacial score (nSPS) is 11.3. The van der Waals surface area contributed by atoms with Gasteiger partial charge in [0.25, 0.3) is 0 Å². The number of nitrogens with two attached hydrogens (primary N) is 1. The number of imidazole rings is 1. The maximum absolute atomic E-state index is 5.50. The van der Waals surface area contributed by atoms with E-state index < -0.39 is 0 Å². The second-order valence-electron chi connectivity index (χ2n) is 4.49. The summed E-state index contributed by atoms with van der Waals surface area (Å²) in [7, 11) is 0. The molecule has 0 atom stereocenters. The minimum Gasteiger partial charge on any atom is -0.335 e. The third kappa shape index (κ3) is 2.71. The molecule has 0 bridgehead atoms. The molecule has 2 heterocycles. The van der Waals surface area contributed by atoms with Crippen LogP contribution >= 0.6 is 0 Å². The summed E-state index contributed by atoms with van der Waals surface area (Å²) in [5.74, 6) is 1.37. The molecule has 0 spiro atoms. The van der Waals surface area contributed by atoms with E-state index in [9.17, 15) is 0 Å². The molecule has 2 rings (SSSR count). The predicted octanol–water partition coefficient (Wildman–Crippen LogP) is 0.756. The summed E-state index contributed by atoms with van der Waals surface area (Å²) in [6, 6.07) is 0. The average molecular weight is 234 g/mol. The summed E-state index contributed by atoms with van der Waals surface area (Å²) in [4.78, 5) is 4.33. The van der Waals surface area contributed by atoms with Crippen LogP contribution in [0.5, 0.6) is 0 Å². The van der Waals surface area contributed by atoms with Gasteiger partial charge >= 0.3 is 0 Å². The van der Waals surface area contributed by atoms with E-state index in [2.05, 4.69) is 29.0 Å². The minimum atomic E-state index is 0.552. The third-order valence-electron chi connectivity index (χ3n) is 2.43. The van der Waals surface area contributed by atoms with Crippen LogP contribution < -0.4 is 5.73 Å². The second-order valence-corrected chi connectivity index (χ2v) is 4.49. The maximum Gasteiger partial charge on any atom is 0.183 e. The van der Waals surface area contributed by atoms with Gasteiger partial charge in [-0.3, -0.25) is 0 Å². The lowest BCUT2D eigenvalue weighted by molar-refractivity contribution is 0.525. The third-order valence-corrected chi connectivity index (χ3v) is 2.43. The van der Waals surface area contributed by atoms with Gasteiger partial charge in [-0.25, -0.2) is 4.98 Å². The van der Waals surface area contributed by atoms with Gasteiger partial charge in [-0.05, 0) is 5.92 Å². The molecule has 0 fully saturated rings. The first-order valence-corrected chi connectivity index (χ1v) is 5.80. The molecule has 0 saturated carbocycles. The van der Waals surface area contributed by atoms with Crippen LogP contribution in [0, 0.1) is 5.92 Å². The van der Waals surface area contributed by atoms with Gasteiger partial charge in [0.2, 0.25) is 0 Å². The number of rotatable bonds is 5. The van der Waals surface area contributed by atoms with E-state index in [0.29, 0.717) is 12.5 Å². The zero-order valence-corrected chi connectivity index (χ0v) is 10.2. The van der Waals surface area contributed by atoms with E-state index in [4.69, 9.17) is 5.73 Å². The molecule has 17 heavy (non-hydrogen) atoms. The van der Waals surface area contributed by atoms with Crippen LogP contribution in [-0.2, 0) is 13.1 Å². The van der Waals surface area contributed by atoms with Crippen molar-refractivity contribution in [2.75, 3.05) is 6.54 Å². The molecule has 0 saturated heterocycles. The van der Waals surface area contributed by atoms with Gasteiger partial charge < -0.3 is 14.9 Å². The van der Waals surface area contributed by atoms with Gasteiger partial charge in [0.05, 0.1) is 6.33 Å². The zero-order chi connectivity index (χ0) is 12.3. The monoisotopic (exact) mass is 234 g/mol. The molecule has 0 aliphatic heterocycles. The lowest BCUT2D eigenvalue weighted by Gasteiger charge is -2.07. The van der Waals surface area contributed by atoms with E-state index in [1.165, 1.54) is 0 Å². The van der Waals surface area contributed by atoms with Crippen molar-refractivity contribution in [3.63, 3.8) is 0 Å². The topological polar surface area (TPSA) is 74.5 Å². The van der Waals surface area contributed by atoms with E-state index in [-0.39, 0.29) is 0 Å². The quantitative estimate of drug-likeness (QED) is 0.828. The first kappa shape index (κ1) is 11.8. The Hall–Kier alpha value is -1.69. The second kappa shape index (κ2) is 5.09. The van der Waals surface area contributed by atoms with Gasteiger partial charge in [-0.1, -0.05) is 13.8 Å². The van der Waals surface area contributed by atoms with Crippen LogP contribution in [0.1, 0.15) is 13.8 Å². The summed E-state index contributed by atoms with van der Waals surface area (Å²) in [5.41, 5.74) is 6.35. The molecule has 0 aromatic carbocycles. The highest BCUT2D eigenvalue weighted by molar-refractivity contribution is 5.47. The first-order chi connectivity index (χ1) is 8.20. The van der Waals surface area contributed by atoms with Crippen LogP contribution in [0.4, 0.5) is 0 Å². The van der Waals surface area contributed by atoms with Crippen LogP contribution in [0.3, 0.4) is 0 Å². The fourth-order valence-corrected chi connectivity index (χ4v) is 1.73. The van der Waals surface area contributed by atoms with Crippen LogP contribution in [0.15, 0.2) is 18.9 Å². The Morgan fingerprint density at radius 1 is 1.35 bits per heavy atom. The Labute approximate surface area is 100 Å². The molecule has 2 aromatic rings. The largest absolute Gasteiger partial charge is 0.335 e. The molecule has 2 N–H and O–H groups in total. The summed E-state index contributed by atoms with van der Waals surface area (Å²) >= 11 is 0. The number of hydrogen-bond donors (Lipinski definition) is 1. The fourth-order valence-electron chi connectivity index (χ4n) is 1.73. The molecule has 0 aliphatic carbocycles. The molecule has 6 nitrogen and oxygen atoms in total. The van der Waals surface area contributed by atoms with Crippen molar-refractivity contribution >= 4 is 0 Å². The lowest BCUT2D eigenvalue weighted by Crippen LogP contribution is -2.08. The highest BCUT2D eigenvalue weighted by Gasteiger charge is 2.11. The van der Waals surface area contributed by atoms with Crippen molar-refractivity contribution in [3.8, 4) is 11.5 Å². The maximum atomic E-state index is 5.50. The number of nitrogens with zero attached hydrogens (tertiary/aromatic N) is 5. The smallest absolute Gasteiger partial charge is 0.183 e. The van der Waals surface area contributed by atoms with Gasteiger partial charge in [0, 0.05) is 25.8 Å². The Kier molecular flexibility index (Phi) is 3.53. The minimum absolute atomic E-state index is 0.552. The first-order valence-electron chi connectivity index (χ1n) is 5.80. The van der Waals surface area contributed by atoms with Gasteiger partial charge in [0.15, 0.2) is 5.82 Å². The number of aromatic nitrogens is 5. The summed E-state index contributed by atoms with van der Waals surface area (Å²) in [5, 5.41) is 8.06. The molecule has 92 valence electrons. The number of hydrogen-bond acceptors (Lipinski definition) is 4. The Bertz CT molecular complexity index is 470. The van der Waals surface area contributed by atoms with E-state index in [0.717, 1.165) is 24.6 Å². The van der Waals surface area contributed by atoms with Crippen LogP contribution in [0.25, 0.3) is 11.5 Å². The fraction of sp³-hybridized carbons (Fsp3) is 0.545. The average Bonchev–Trinajstić information content (AvgIpc) is 2.86. The van der Waals surface area contributed by atoms with Gasteiger partial charge in [-0.2, -0.15) is 0 Å². The molecule has 6 heteroatoms. The summed E-state index contributed by atoms with van der Waals surface area (Å²) in [6.45, 7) is 6.60. The van der Waals surface area contributed by atoms with Crippen molar-refractivity contribution in [3.05, 3.63) is 18.9 Å². The molecule has 0 unspecified atom stereocenters. The molecular weight excluding hydrogens is 216 g/mol. The van der Waals surface area contributed by atoms with E-state index in [1.54, 1.807) is 12.7 Å². The van der Waals surface area contributed by atoms with Crippen molar-refractivity contribution in [1.29, 1.82) is 0 Å². The summed E-state index contributed by atoms with van der Waals surface area (Å²) in [6.07, 6.45) is 5.47. The Morgan fingerprint density at radius 2 is 2.18 bits per heavy atom. The molecule has 0 amide bonds. The van der Waals surface area contributed by atoms with Crippen LogP contribution in [-0.4, -0.2) is 30.9 Å². The van der Waals surface area contributed by atoms with Crippen molar-refractivity contribution < 1.29 is 0 Å². The molecular formula is C11H18N6. The highest BCUT2D eigenvalue weighted by atomic mass is 15.3. The van der Waals surface area contributed by atoms with Crippen molar-refractivity contribution in [2.45, 2.75) is 26.9 Å². The van der Waals surface area contributed by atoms with E-state index in [1.807, 2.05) is 15.3 Å². The van der Waals surface area contributed by atoms with Gasteiger partial charge in [-0.15, -0.1) is 10.2 Å². The van der Waals surface area contributed by atoms with E-state index >= 15 is 0 Å². The molecule has 0 aliphatic rings. The Morgan fingerprint density at radius 3 is 2.88 bits per heavy atom. The molecule has 0 radical (unpaired) electrons. The van der Waals surface area contributed by atoms with Crippen molar-refractivity contribution in [1.82, 2.24) is 24.3 Å². The highest BCUT2D eigenvalue weighted by Crippen LogP contribution is 2.15. The molecule has 2 aromatic heterocycles. The van der Waals surface area contributed by atoms with Gasteiger partial charge in [0.1, 0.15) is 12.0 Å². The van der Waals surface area contributed by atoms with Crippen molar-refractivity contribution in [2.24, 2.45) is 11.7 Å². The SMILES string of the molecule is CC(C)Cn1cnnc1-c1cn(CCN)cn1. The standard InChI is InChI=1S/C11H18N6/c1-9(2)5-17-8-14-15-11(17)10-6-16(4-3-12)7-13-10/h6-9H,3-5,12H2,1-2H3. The lowest BCUT2D eigenvalue weighted by atomic mass is 10.2. The van der Waals surface area contributed by atoms with Crippen LogP contribution in [0.2, 0.25) is 0 Å². The Balaban J connectivity index is 2.23. The summed E-state index contributed by atoms with van der Waals surface area (Å²) < 4.78 is 3.99. The predicted molar refractivity (Wildman–Crippen MR) is 65.1 cm³/mol.